The maximum Gasteiger partial charge on any atom is 0.243 e. The van der Waals surface area contributed by atoms with Crippen LogP contribution >= 0.6 is 15.9 Å². The van der Waals surface area contributed by atoms with E-state index in [1.165, 1.54) is 0 Å². The van der Waals surface area contributed by atoms with E-state index in [9.17, 15) is 0 Å². The summed E-state index contributed by atoms with van der Waals surface area (Å²) < 4.78 is 8.01. The Morgan fingerprint density at radius 1 is 1.25 bits per heavy atom. The summed E-state index contributed by atoms with van der Waals surface area (Å²) in [5, 5.41) is 7.57. The highest BCUT2D eigenvalue weighted by Crippen LogP contribution is 2.18. The smallest absolute Gasteiger partial charge is 0.243 e. The number of pyridine rings is 1. The molecule has 2 heterocycles. The molecule has 3 rings (SSSR count). The van der Waals surface area contributed by atoms with Crippen LogP contribution in [0.5, 0.6) is 5.75 Å². The van der Waals surface area contributed by atoms with Crippen LogP contribution in [0.1, 0.15) is 5.56 Å². The van der Waals surface area contributed by atoms with Crippen LogP contribution in [-0.4, -0.2) is 21.7 Å². The van der Waals surface area contributed by atoms with Gasteiger partial charge in [-0.2, -0.15) is 4.98 Å². The minimum atomic E-state index is 0.592. The second-order valence-electron chi connectivity index (χ2n) is 4.25. The molecule has 1 N–H and O–H groups in total. The molecule has 0 fully saturated rings. The summed E-state index contributed by atoms with van der Waals surface area (Å²) in [5.74, 6) is 1.44. The van der Waals surface area contributed by atoms with Crippen LogP contribution in [0, 0.1) is 0 Å². The number of methoxy groups -OCH3 is 1. The van der Waals surface area contributed by atoms with E-state index in [4.69, 9.17) is 4.74 Å². The Morgan fingerprint density at radius 2 is 2.10 bits per heavy atom. The van der Waals surface area contributed by atoms with E-state index in [1.807, 2.05) is 42.6 Å². The molecule has 0 amide bonds. The number of halogens is 1. The van der Waals surface area contributed by atoms with Crippen LogP contribution in [0.15, 0.2) is 47.1 Å². The van der Waals surface area contributed by atoms with E-state index in [2.05, 4.69) is 31.3 Å². The minimum absolute atomic E-state index is 0.592. The highest BCUT2D eigenvalue weighted by molar-refractivity contribution is 9.10. The number of nitrogens with one attached hydrogen (secondary N) is 1. The zero-order valence-corrected chi connectivity index (χ0v) is 12.5. The van der Waals surface area contributed by atoms with E-state index in [0.29, 0.717) is 12.5 Å². The first-order valence-corrected chi connectivity index (χ1v) is 6.93. The van der Waals surface area contributed by atoms with Gasteiger partial charge in [0.15, 0.2) is 5.65 Å². The van der Waals surface area contributed by atoms with Gasteiger partial charge >= 0.3 is 0 Å². The third kappa shape index (κ3) is 2.60. The Labute approximate surface area is 124 Å². The normalized spacial score (nSPS) is 10.7. The van der Waals surface area contributed by atoms with Crippen LogP contribution in [-0.2, 0) is 6.54 Å². The molecule has 2 aromatic heterocycles. The van der Waals surface area contributed by atoms with Crippen molar-refractivity contribution in [3.05, 3.63) is 52.6 Å². The number of para-hydroxylation sites is 1. The Bertz CT molecular complexity index is 741. The van der Waals surface area contributed by atoms with Gasteiger partial charge in [0, 0.05) is 22.8 Å². The number of benzene rings is 1. The van der Waals surface area contributed by atoms with Crippen molar-refractivity contribution in [2.75, 3.05) is 12.4 Å². The number of aromatic nitrogens is 3. The second kappa shape index (κ2) is 5.50. The minimum Gasteiger partial charge on any atom is -0.496 e. The Balaban J connectivity index is 1.79. The van der Waals surface area contributed by atoms with Gasteiger partial charge in [0.25, 0.3) is 0 Å². The monoisotopic (exact) mass is 332 g/mol. The van der Waals surface area contributed by atoms with E-state index in [1.54, 1.807) is 11.6 Å². The van der Waals surface area contributed by atoms with Gasteiger partial charge in [0.2, 0.25) is 5.95 Å². The molecule has 102 valence electrons. The van der Waals surface area contributed by atoms with E-state index in [-0.39, 0.29) is 0 Å². The van der Waals surface area contributed by atoms with Crippen LogP contribution in [0.25, 0.3) is 5.65 Å². The Morgan fingerprint density at radius 3 is 2.95 bits per heavy atom. The van der Waals surface area contributed by atoms with Gasteiger partial charge in [-0.15, -0.1) is 5.10 Å². The molecule has 0 radical (unpaired) electrons. The molecule has 0 aliphatic carbocycles. The Hall–Kier alpha value is -2.08. The summed E-state index contributed by atoms with van der Waals surface area (Å²) in [7, 11) is 1.67. The molecule has 0 aliphatic heterocycles. The van der Waals surface area contributed by atoms with Crippen molar-refractivity contribution in [2.24, 2.45) is 0 Å². The van der Waals surface area contributed by atoms with Crippen molar-refractivity contribution in [3.8, 4) is 5.75 Å². The molecule has 0 atom stereocenters. The number of hydrogen-bond donors (Lipinski definition) is 1. The first-order chi connectivity index (χ1) is 9.76. The van der Waals surface area contributed by atoms with Crippen LogP contribution < -0.4 is 10.1 Å². The van der Waals surface area contributed by atoms with Gasteiger partial charge in [-0.25, -0.2) is 4.52 Å². The molecule has 20 heavy (non-hydrogen) atoms. The third-order valence-corrected chi connectivity index (χ3v) is 3.39. The summed E-state index contributed by atoms with van der Waals surface area (Å²) >= 11 is 3.41. The molecular weight excluding hydrogens is 320 g/mol. The number of rotatable bonds is 4. The van der Waals surface area contributed by atoms with Crippen LogP contribution in [0.2, 0.25) is 0 Å². The summed E-state index contributed by atoms with van der Waals surface area (Å²) in [4.78, 5) is 4.40. The van der Waals surface area contributed by atoms with Crippen molar-refractivity contribution in [2.45, 2.75) is 6.54 Å². The molecule has 1 aromatic carbocycles. The number of fused-ring (bicyclic) bond motifs is 1. The summed E-state index contributed by atoms with van der Waals surface area (Å²) in [6.45, 7) is 0.613. The van der Waals surface area contributed by atoms with Gasteiger partial charge < -0.3 is 10.1 Å². The van der Waals surface area contributed by atoms with Crippen LogP contribution in [0.4, 0.5) is 5.95 Å². The lowest BCUT2D eigenvalue weighted by atomic mass is 10.2. The molecule has 0 aliphatic rings. The topological polar surface area (TPSA) is 51.5 Å². The van der Waals surface area contributed by atoms with Gasteiger partial charge in [-0.3, -0.25) is 0 Å². The largest absolute Gasteiger partial charge is 0.496 e. The zero-order valence-electron chi connectivity index (χ0n) is 10.9. The highest BCUT2D eigenvalue weighted by Gasteiger charge is 2.05. The predicted molar refractivity (Wildman–Crippen MR) is 81.0 cm³/mol. The van der Waals surface area contributed by atoms with E-state index < -0.39 is 0 Å². The van der Waals surface area contributed by atoms with Gasteiger partial charge in [0.1, 0.15) is 5.75 Å². The maximum absolute atomic E-state index is 5.32. The average molecular weight is 333 g/mol. The lowest BCUT2D eigenvalue weighted by molar-refractivity contribution is 0.410. The molecule has 0 spiro atoms. The van der Waals surface area contributed by atoms with E-state index >= 15 is 0 Å². The third-order valence-electron chi connectivity index (χ3n) is 2.92. The van der Waals surface area contributed by atoms with E-state index in [0.717, 1.165) is 21.4 Å². The van der Waals surface area contributed by atoms with Crippen molar-refractivity contribution in [3.63, 3.8) is 0 Å². The quantitative estimate of drug-likeness (QED) is 0.797. The van der Waals surface area contributed by atoms with Crippen molar-refractivity contribution in [1.82, 2.24) is 14.6 Å². The molecule has 0 bridgehead atoms. The zero-order chi connectivity index (χ0) is 13.9. The van der Waals surface area contributed by atoms with Crippen molar-refractivity contribution in [1.29, 1.82) is 0 Å². The van der Waals surface area contributed by atoms with Crippen LogP contribution in [0.3, 0.4) is 0 Å². The standard InChI is InChI=1S/C14H13BrN4O/c1-20-12-5-3-2-4-10(12)8-16-14-17-13-7-6-11(15)9-19(13)18-14/h2-7,9H,8H2,1H3,(H,16,18). The predicted octanol–water partition coefficient (Wildman–Crippen LogP) is 3.11. The average Bonchev–Trinajstić information content (AvgIpc) is 2.87. The fourth-order valence-electron chi connectivity index (χ4n) is 1.96. The summed E-state index contributed by atoms with van der Waals surface area (Å²) in [6, 6.07) is 11.7. The van der Waals surface area contributed by atoms with Gasteiger partial charge in [-0.1, -0.05) is 18.2 Å². The van der Waals surface area contributed by atoms with Gasteiger partial charge in [-0.05, 0) is 34.1 Å². The molecule has 0 saturated carbocycles. The lowest BCUT2D eigenvalue weighted by Crippen LogP contribution is -2.03. The molecule has 3 aromatic rings. The number of nitrogens with zero attached hydrogens (tertiary/aromatic N) is 3. The molecule has 5 nitrogen and oxygen atoms in total. The SMILES string of the molecule is COc1ccccc1CNc1nc2ccc(Br)cn2n1. The number of ether oxygens (including phenoxy) is 1. The van der Waals surface area contributed by atoms with Crippen molar-refractivity contribution >= 4 is 27.5 Å². The first kappa shape index (κ1) is 12.9. The molecule has 0 unspecified atom stereocenters. The molecule has 0 saturated heterocycles. The number of hydrogen-bond acceptors (Lipinski definition) is 4. The van der Waals surface area contributed by atoms with Crippen molar-refractivity contribution < 1.29 is 4.74 Å². The lowest BCUT2D eigenvalue weighted by Gasteiger charge is -2.07. The Kier molecular flexibility index (Phi) is 3.56. The fourth-order valence-corrected chi connectivity index (χ4v) is 2.28. The first-order valence-electron chi connectivity index (χ1n) is 6.14. The maximum atomic E-state index is 5.32. The number of anilines is 1. The second-order valence-corrected chi connectivity index (χ2v) is 5.17. The fraction of sp³-hybridized carbons (Fsp3) is 0.143. The molecule has 6 heteroatoms. The summed E-state index contributed by atoms with van der Waals surface area (Å²) in [6.07, 6.45) is 1.87. The molecular formula is C14H13BrN4O. The summed E-state index contributed by atoms with van der Waals surface area (Å²) in [5.41, 5.74) is 1.87. The van der Waals surface area contributed by atoms with Gasteiger partial charge in [0.05, 0.1) is 7.11 Å². The highest BCUT2D eigenvalue weighted by atomic mass is 79.9.